The van der Waals surface area contributed by atoms with Gasteiger partial charge in [0, 0.05) is 13.2 Å². The van der Waals surface area contributed by atoms with Crippen LogP contribution in [0.15, 0.2) is 0 Å². The van der Waals surface area contributed by atoms with E-state index in [-0.39, 0.29) is 18.4 Å². The Hall–Kier alpha value is -1.08. The first-order chi connectivity index (χ1) is 7.29. The van der Waals surface area contributed by atoms with E-state index in [1.807, 2.05) is 17.9 Å². The number of carbonyl (C=O) groups is 1. The topological polar surface area (TPSA) is 53.3 Å². The Morgan fingerprint density at radius 2 is 2.40 bits per heavy atom. The highest BCUT2D eigenvalue weighted by Gasteiger charge is 2.26. The Morgan fingerprint density at radius 1 is 1.60 bits per heavy atom. The highest BCUT2D eigenvalue weighted by molar-refractivity contribution is 5.78. The van der Waals surface area contributed by atoms with Crippen molar-refractivity contribution in [2.24, 2.45) is 0 Å². The van der Waals surface area contributed by atoms with Gasteiger partial charge in [-0.15, -0.1) is 0 Å². The Morgan fingerprint density at radius 3 is 3.07 bits per heavy atom. The van der Waals surface area contributed by atoms with Crippen molar-refractivity contribution < 1.29 is 9.53 Å². The number of likely N-dealkylation sites (tertiary alicyclic amines) is 1. The lowest BCUT2D eigenvalue weighted by Gasteiger charge is -2.35. The smallest absolute Gasteiger partial charge is 0.237 e. The fourth-order valence-corrected chi connectivity index (χ4v) is 1.93. The predicted octanol–water partition coefficient (Wildman–Crippen LogP) is 1.32. The van der Waals surface area contributed by atoms with Crippen LogP contribution in [-0.2, 0) is 9.53 Å². The second-order valence-electron chi connectivity index (χ2n) is 3.73. The van der Waals surface area contributed by atoms with E-state index in [4.69, 9.17) is 10.00 Å². The zero-order valence-corrected chi connectivity index (χ0v) is 9.24. The molecule has 0 saturated carbocycles. The summed E-state index contributed by atoms with van der Waals surface area (Å²) in [7, 11) is 0. The van der Waals surface area contributed by atoms with Crippen molar-refractivity contribution in [3.05, 3.63) is 0 Å². The fourth-order valence-electron chi connectivity index (χ4n) is 1.93. The van der Waals surface area contributed by atoms with Gasteiger partial charge in [-0.1, -0.05) is 0 Å². The summed E-state index contributed by atoms with van der Waals surface area (Å²) >= 11 is 0. The molecule has 0 N–H and O–H groups in total. The summed E-state index contributed by atoms with van der Waals surface area (Å²) in [6.07, 6.45) is 3.17. The number of carbonyl (C=O) groups excluding carboxylic acids is 1. The number of nitrogens with zero attached hydrogens (tertiary/aromatic N) is 2. The molecule has 1 saturated heterocycles. The largest absolute Gasteiger partial charge is 0.380 e. The third-order valence-electron chi connectivity index (χ3n) is 2.69. The van der Waals surface area contributed by atoms with Crippen molar-refractivity contribution in [1.82, 2.24) is 4.90 Å². The Bertz CT molecular complexity index is 247. The number of rotatable bonds is 4. The molecule has 1 rings (SSSR count). The van der Waals surface area contributed by atoms with Gasteiger partial charge in [0.25, 0.3) is 0 Å². The van der Waals surface area contributed by atoms with Gasteiger partial charge in [0.2, 0.25) is 5.91 Å². The maximum Gasteiger partial charge on any atom is 0.237 e. The molecule has 0 unspecified atom stereocenters. The average molecular weight is 210 g/mol. The lowest BCUT2D eigenvalue weighted by Crippen LogP contribution is -2.45. The van der Waals surface area contributed by atoms with Crippen LogP contribution in [0.3, 0.4) is 0 Å². The molecule has 4 nitrogen and oxygen atoms in total. The van der Waals surface area contributed by atoms with Crippen LogP contribution in [0.5, 0.6) is 0 Å². The van der Waals surface area contributed by atoms with E-state index < -0.39 is 0 Å². The summed E-state index contributed by atoms with van der Waals surface area (Å²) in [5, 5.41) is 8.50. The first kappa shape index (κ1) is 12.0. The lowest BCUT2D eigenvalue weighted by atomic mass is 10.0. The van der Waals surface area contributed by atoms with Crippen molar-refractivity contribution in [1.29, 1.82) is 5.26 Å². The van der Waals surface area contributed by atoms with Gasteiger partial charge in [-0.05, 0) is 26.2 Å². The summed E-state index contributed by atoms with van der Waals surface area (Å²) in [6, 6.07) is 2.09. The van der Waals surface area contributed by atoms with E-state index in [9.17, 15) is 4.79 Å². The molecule has 0 aromatic rings. The van der Waals surface area contributed by atoms with Crippen molar-refractivity contribution >= 4 is 5.91 Å². The van der Waals surface area contributed by atoms with Gasteiger partial charge in [0.15, 0.2) is 0 Å². The molecule has 15 heavy (non-hydrogen) atoms. The number of hydrogen-bond donors (Lipinski definition) is 0. The molecule has 0 aromatic heterocycles. The Labute approximate surface area is 90.8 Å². The van der Waals surface area contributed by atoms with Crippen molar-refractivity contribution in [2.75, 3.05) is 19.8 Å². The van der Waals surface area contributed by atoms with Crippen molar-refractivity contribution in [3.63, 3.8) is 0 Å². The summed E-state index contributed by atoms with van der Waals surface area (Å²) in [4.78, 5) is 13.4. The van der Waals surface area contributed by atoms with Crippen LogP contribution in [0.2, 0.25) is 0 Å². The van der Waals surface area contributed by atoms with Gasteiger partial charge in [-0.3, -0.25) is 4.79 Å². The maximum absolute atomic E-state index is 11.6. The molecule has 1 aliphatic rings. The van der Waals surface area contributed by atoms with Gasteiger partial charge >= 0.3 is 0 Å². The minimum atomic E-state index is -0.0538. The molecule has 4 heteroatoms. The quantitative estimate of drug-likeness (QED) is 0.703. The van der Waals surface area contributed by atoms with Crippen LogP contribution in [0, 0.1) is 11.3 Å². The van der Waals surface area contributed by atoms with Crippen LogP contribution < -0.4 is 0 Å². The van der Waals surface area contributed by atoms with E-state index in [0.29, 0.717) is 13.2 Å². The van der Waals surface area contributed by atoms with Gasteiger partial charge in [-0.25, -0.2) is 0 Å². The average Bonchev–Trinajstić information content (AvgIpc) is 2.27. The molecule has 1 amide bonds. The third kappa shape index (κ3) is 3.52. The second-order valence-corrected chi connectivity index (χ2v) is 3.73. The molecule has 1 aliphatic heterocycles. The fraction of sp³-hybridized carbons (Fsp3) is 0.818. The first-order valence-corrected chi connectivity index (χ1v) is 5.53. The second kappa shape index (κ2) is 6.41. The standard InChI is InChI=1S/C11H18N2O2/c1-2-15-9-10-5-3-4-8-13(10)11(14)6-7-12/h10H,2-6,8-9H2,1H3/t10-/m0/s1. The lowest BCUT2D eigenvalue weighted by molar-refractivity contribution is -0.135. The number of nitriles is 1. The maximum atomic E-state index is 11.6. The van der Waals surface area contributed by atoms with Gasteiger partial charge in [0.1, 0.15) is 6.42 Å². The molecule has 0 bridgehead atoms. The van der Waals surface area contributed by atoms with Crippen LogP contribution in [0.25, 0.3) is 0 Å². The van der Waals surface area contributed by atoms with E-state index >= 15 is 0 Å². The normalized spacial score (nSPS) is 21.1. The van der Waals surface area contributed by atoms with Crippen molar-refractivity contribution in [2.45, 2.75) is 38.6 Å². The minimum absolute atomic E-state index is 0.0113. The Kier molecular flexibility index (Phi) is 5.13. The molecule has 0 radical (unpaired) electrons. The van der Waals surface area contributed by atoms with Crippen LogP contribution in [0.1, 0.15) is 32.6 Å². The summed E-state index contributed by atoms with van der Waals surface area (Å²) in [6.45, 7) is 4.01. The van der Waals surface area contributed by atoms with Gasteiger partial charge in [-0.2, -0.15) is 5.26 Å². The van der Waals surface area contributed by atoms with Crippen LogP contribution in [0.4, 0.5) is 0 Å². The highest BCUT2D eigenvalue weighted by atomic mass is 16.5. The molecule has 84 valence electrons. The number of hydrogen-bond acceptors (Lipinski definition) is 3. The zero-order valence-electron chi connectivity index (χ0n) is 9.24. The SMILES string of the molecule is CCOC[C@@H]1CCCCN1C(=O)CC#N. The van der Waals surface area contributed by atoms with Gasteiger partial charge < -0.3 is 9.64 Å². The van der Waals surface area contributed by atoms with E-state index in [0.717, 1.165) is 25.8 Å². The summed E-state index contributed by atoms with van der Waals surface area (Å²) in [5.74, 6) is -0.0538. The third-order valence-corrected chi connectivity index (χ3v) is 2.69. The van der Waals surface area contributed by atoms with Crippen molar-refractivity contribution in [3.8, 4) is 6.07 Å². The van der Waals surface area contributed by atoms with E-state index in [1.54, 1.807) is 0 Å². The minimum Gasteiger partial charge on any atom is -0.380 e. The monoisotopic (exact) mass is 210 g/mol. The molecule has 0 spiro atoms. The highest BCUT2D eigenvalue weighted by Crippen LogP contribution is 2.18. The number of amides is 1. The van der Waals surface area contributed by atoms with E-state index in [1.165, 1.54) is 0 Å². The molecule has 1 atom stereocenters. The molecule has 0 aliphatic carbocycles. The number of ether oxygens (including phenoxy) is 1. The van der Waals surface area contributed by atoms with Gasteiger partial charge in [0.05, 0.1) is 18.7 Å². The van der Waals surface area contributed by atoms with Crippen LogP contribution >= 0.6 is 0 Å². The predicted molar refractivity (Wildman–Crippen MR) is 56.1 cm³/mol. The molecule has 1 fully saturated rings. The summed E-state index contributed by atoms with van der Waals surface area (Å²) in [5.41, 5.74) is 0. The summed E-state index contributed by atoms with van der Waals surface area (Å²) < 4.78 is 5.35. The zero-order chi connectivity index (χ0) is 11.1. The molecular formula is C11H18N2O2. The molecule has 0 aromatic carbocycles. The molecule has 1 heterocycles. The van der Waals surface area contributed by atoms with Crippen LogP contribution in [-0.4, -0.2) is 36.6 Å². The first-order valence-electron chi connectivity index (χ1n) is 5.53. The Balaban J connectivity index is 2.49. The molecular weight excluding hydrogens is 192 g/mol. The number of piperidine rings is 1. The van der Waals surface area contributed by atoms with E-state index in [2.05, 4.69) is 0 Å².